The maximum absolute atomic E-state index is 11.0. The molecular weight excluding hydrogens is 230 g/mol. The number of aliphatic hydroxyl groups excluding tert-OH is 1. The molecule has 16 heavy (non-hydrogen) atoms. The molecular formula is C11H10ClNO3. The molecule has 1 aromatic rings. The molecule has 0 aromatic heterocycles. The lowest BCUT2D eigenvalue weighted by molar-refractivity contribution is 0.187. The lowest BCUT2D eigenvalue weighted by Gasteiger charge is -2.06. The van der Waals surface area contributed by atoms with E-state index in [1.165, 1.54) is 7.11 Å². The van der Waals surface area contributed by atoms with E-state index in [9.17, 15) is 4.79 Å². The van der Waals surface area contributed by atoms with E-state index in [0.717, 1.165) is 0 Å². The molecule has 0 saturated heterocycles. The summed E-state index contributed by atoms with van der Waals surface area (Å²) in [6.07, 6.45) is -0.589. The number of carbonyl (C=O) groups is 1. The molecule has 0 unspecified atom stereocenters. The Bertz CT molecular complexity index is 448. The summed E-state index contributed by atoms with van der Waals surface area (Å²) in [5.74, 6) is 5.16. The minimum atomic E-state index is -0.589. The number of nitrogens with one attached hydrogen (secondary N) is 1. The zero-order valence-electron chi connectivity index (χ0n) is 8.58. The number of methoxy groups -OCH3 is 1. The molecule has 0 aliphatic carbocycles. The summed E-state index contributed by atoms with van der Waals surface area (Å²) in [5, 5.41) is 11.6. The molecule has 1 rings (SSSR count). The first kappa shape index (κ1) is 12.4. The van der Waals surface area contributed by atoms with Crippen LogP contribution in [0, 0.1) is 11.8 Å². The fraction of sp³-hybridized carbons (Fsp3) is 0.182. The molecule has 0 saturated carbocycles. The standard InChI is InChI=1S/C11H10ClNO3/c1-16-11(15)13-10-5-4-9(12)7-8(10)3-2-6-14/h4-5,7,14H,6H2,1H3,(H,13,15). The van der Waals surface area contributed by atoms with E-state index in [1.54, 1.807) is 18.2 Å². The fourth-order valence-electron chi connectivity index (χ4n) is 1.02. The summed E-state index contributed by atoms with van der Waals surface area (Å²) in [7, 11) is 1.27. The third kappa shape index (κ3) is 3.46. The van der Waals surface area contributed by atoms with Crippen LogP contribution in [0.1, 0.15) is 5.56 Å². The van der Waals surface area contributed by atoms with Crippen LogP contribution in [0.15, 0.2) is 18.2 Å². The van der Waals surface area contributed by atoms with E-state index in [2.05, 4.69) is 21.9 Å². The highest BCUT2D eigenvalue weighted by Crippen LogP contribution is 2.19. The Balaban J connectivity index is 3.02. The Morgan fingerprint density at radius 1 is 1.62 bits per heavy atom. The molecule has 0 radical (unpaired) electrons. The van der Waals surface area contributed by atoms with Crippen LogP contribution in [0.5, 0.6) is 0 Å². The van der Waals surface area contributed by atoms with Gasteiger partial charge in [0, 0.05) is 10.6 Å². The van der Waals surface area contributed by atoms with Gasteiger partial charge in [-0.3, -0.25) is 5.32 Å². The van der Waals surface area contributed by atoms with Gasteiger partial charge in [-0.2, -0.15) is 0 Å². The van der Waals surface area contributed by atoms with E-state index < -0.39 is 6.09 Å². The third-order valence-corrected chi connectivity index (χ3v) is 1.94. The first-order chi connectivity index (χ1) is 7.67. The molecule has 1 amide bonds. The molecule has 0 aliphatic heterocycles. The van der Waals surface area contributed by atoms with Gasteiger partial charge in [0.25, 0.3) is 0 Å². The Kier molecular flexibility index (Phi) is 4.65. The van der Waals surface area contributed by atoms with Crippen LogP contribution in [0.4, 0.5) is 10.5 Å². The zero-order chi connectivity index (χ0) is 12.0. The highest BCUT2D eigenvalue weighted by atomic mass is 35.5. The van der Waals surface area contributed by atoms with Crippen LogP contribution < -0.4 is 5.32 Å². The second-order valence-electron chi connectivity index (χ2n) is 2.77. The molecule has 5 heteroatoms. The number of ether oxygens (including phenoxy) is 1. The summed E-state index contributed by atoms with van der Waals surface area (Å²) in [4.78, 5) is 11.0. The van der Waals surface area contributed by atoms with E-state index in [4.69, 9.17) is 16.7 Å². The number of aliphatic hydroxyl groups is 1. The zero-order valence-corrected chi connectivity index (χ0v) is 9.34. The highest BCUT2D eigenvalue weighted by Gasteiger charge is 2.05. The maximum Gasteiger partial charge on any atom is 0.411 e. The molecule has 0 heterocycles. The van der Waals surface area contributed by atoms with Crippen LogP contribution in [0.2, 0.25) is 5.02 Å². The van der Waals surface area contributed by atoms with Crippen molar-refractivity contribution >= 4 is 23.4 Å². The van der Waals surface area contributed by atoms with Crippen molar-refractivity contribution in [3.8, 4) is 11.8 Å². The third-order valence-electron chi connectivity index (χ3n) is 1.71. The van der Waals surface area contributed by atoms with Gasteiger partial charge in [-0.1, -0.05) is 23.4 Å². The predicted octanol–water partition coefficient (Wildman–Crippen LogP) is 1.86. The van der Waals surface area contributed by atoms with Crippen LogP contribution in [0.25, 0.3) is 0 Å². The van der Waals surface area contributed by atoms with Gasteiger partial charge in [-0.15, -0.1) is 0 Å². The lowest BCUT2D eigenvalue weighted by atomic mass is 10.2. The molecule has 1 aromatic carbocycles. The van der Waals surface area contributed by atoms with Gasteiger partial charge in [0.1, 0.15) is 6.61 Å². The number of rotatable bonds is 1. The quantitative estimate of drug-likeness (QED) is 0.736. The Hall–Kier alpha value is -1.70. The topological polar surface area (TPSA) is 58.6 Å². The van der Waals surface area contributed by atoms with Gasteiger partial charge in [0.2, 0.25) is 0 Å². The Morgan fingerprint density at radius 3 is 3.00 bits per heavy atom. The van der Waals surface area contributed by atoms with Gasteiger partial charge >= 0.3 is 6.09 Å². The summed E-state index contributed by atoms with van der Waals surface area (Å²) < 4.78 is 4.46. The van der Waals surface area contributed by atoms with Crippen LogP contribution in [-0.2, 0) is 4.74 Å². The summed E-state index contributed by atoms with van der Waals surface area (Å²) in [6, 6.07) is 4.83. The summed E-state index contributed by atoms with van der Waals surface area (Å²) in [6.45, 7) is -0.260. The highest BCUT2D eigenvalue weighted by molar-refractivity contribution is 6.30. The number of benzene rings is 1. The molecule has 0 fully saturated rings. The van der Waals surface area contributed by atoms with Crippen molar-refractivity contribution in [3.05, 3.63) is 28.8 Å². The monoisotopic (exact) mass is 239 g/mol. The van der Waals surface area contributed by atoms with Crippen molar-refractivity contribution < 1.29 is 14.6 Å². The minimum Gasteiger partial charge on any atom is -0.453 e. The van der Waals surface area contributed by atoms with E-state index in [0.29, 0.717) is 16.3 Å². The molecule has 4 nitrogen and oxygen atoms in total. The second kappa shape index (κ2) is 6.01. The fourth-order valence-corrected chi connectivity index (χ4v) is 1.20. The van der Waals surface area contributed by atoms with Crippen molar-refractivity contribution in [3.63, 3.8) is 0 Å². The van der Waals surface area contributed by atoms with Crippen molar-refractivity contribution in [2.75, 3.05) is 19.0 Å². The molecule has 0 aliphatic rings. The lowest BCUT2D eigenvalue weighted by Crippen LogP contribution is -2.11. The normalized spacial score (nSPS) is 8.94. The van der Waals surface area contributed by atoms with Crippen LogP contribution >= 0.6 is 11.6 Å². The molecule has 2 N–H and O–H groups in total. The largest absolute Gasteiger partial charge is 0.453 e. The Morgan fingerprint density at radius 2 is 2.38 bits per heavy atom. The Labute approximate surface area is 98.2 Å². The van der Waals surface area contributed by atoms with Crippen LogP contribution in [0.3, 0.4) is 0 Å². The summed E-state index contributed by atoms with van der Waals surface area (Å²) in [5.41, 5.74) is 1.00. The SMILES string of the molecule is COC(=O)Nc1ccc(Cl)cc1C#CCO. The molecule has 0 spiro atoms. The van der Waals surface area contributed by atoms with Crippen molar-refractivity contribution in [1.29, 1.82) is 0 Å². The van der Waals surface area contributed by atoms with Gasteiger partial charge in [-0.05, 0) is 18.2 Å². The summed E-state index contributed by atoms with van der Waals surface area (Å²) >= 11 is 5.79. The van der Waals surface area contributed by atoms with Gasteiger partial charge in [0.15, 0.2) is 0 Å². The molecule has 0 bridgehead atoms. The average Bonchev–Trinajstić information content (AvgIpc) is 2.29. The van der Waals surface area contributed by atoms with Crippen LogP contribution in [-0.4, -0.2) is 24.9 Å². The number of carbonyl (C=O) groups excluding carboxylic acids is 1. The number of hydrogen-bond donors (Lipinski definition) is 2. The van der Waals surface area contributed by atoms with Gasteiger partial charge < -0.3 is 9.84 Å². The van der Waals surface area contributed by atoms with E-state index in [1.807, 2.05) is 0 Å². The van der Waals surface area contributed by atoms with Crippen molar-refractivity contribution in [1.82, 2.24) is 0 Å². The minimum absolute atomic E-state index is 0.260. The smallest absolute Gasteiger partial charge is 0.411 e. The predicted molar refractivity (Wildman–Crippen MR) is 61.4 cm³/mol. The average molecular weight is 240 g/mol. The molecule has 0 atom stereocenters. The number of anilines is 1. The first-order valence-electron chi connectivity index (χ1n) is 4.41. The van der Waals surface area contributed by atoms with Crippen molar-refractivity contribution in [2.24, 2.45) is 0 Å². The van der Waals surface area contributed by atoms with Gasteiger partial charge in [0.05, 0.1) is 12.8 Å². The number of amides is 1. The van der Waals surface area contributed by atoms with E-state index >= 15 is 0 Å². The number of hydrogen-bond acceptors (Lipinski definition) is 3. The second-order valence-corrected chi connectivity index (χ2v) is 3.20. The van der Waals surface area contributed by atoms with E-state index in [-0.39, 0.29) is 6.61 Å². The van der Waals surface area contributed by atoms with Gasteiger partial charge in [-0.25, -0.2) is 4.79 Å². The maximum atomic E-state index is 11.0. The first-order valence-corrected chi connectivity index (χ1v) is 4.79. The number of halogens is 1. The van der Waals surface area contributed by atoms with Crippen molar-refractivity contribution in [2.45, 2.75) is 0 Å². The molecule has 84 valence electrons.